The van der Waals surface area contributed by atoms with Crippen molar-refractivity contribution in [1.29, 1.82) is 0 Å². The van der Waals surface area contributed by atoms with E-state index in [0.29, 0.717) is 0 Å². The molecule has 0 saturated carbocycles. The van der Waals surface area contributed by atoms with E-state index in [1.807, 2.05) is 19.1 Å². The molecule has 0 aliphatic rings. The van der Waals surface area contributed by atoms with E-state index >= 15 is 0 Å². The van der Waals surface area contributed by atoms with Gasteiger partial charge in [-0.05, 0) is 31.2 Å². The minimum Gasteiger partial charge on any atom is -0.349 e. The molecule has 0 aliphatic heterocycles. The van der Waals surface area contributed by atoms with Crippen molar-refractivity contribution in [2.75, 3.05) is 24.5 Å². The van der Waals surface area contributed by atoms with Crippen LogP contribution in [0.5, 0.6) is 0 Å². The molecule has 0 saturated heterocycles. The van der Waals surface area contributed by atoms with Gasteiger partial charge < -0.3 is 10.2 Å². The molecular weight excluding hydrogens is 222 g/mol. The molecule has 0 aromatic carbocycles. The molecule has 3 heteroatoms. The van der Waals surface area contributed by atoms with Crippen molar-refractivity contribution in [3.8, 4) is 0 Å². The lowest BCUT2D eigenvalue weighted by Crippen LogP contribution is -2.24. The molecule has 18 heavy (non-hydrogen) atoms. The van der Waals surface area contributed by atoms with Crippen LogP contribution in [0.3, 0.4) is 0 Å². The van der Waals surface area contributed by atoms with Gasteiger partial charge in [-0.15, -0.1) is 13.2 Å². The second kappa shape index (κ2) is 7.67. The number of pyridine rings is 1. The zero-order chi connectivity index (χ0) is 13.4. The van der Waals surface area contributed by atoms with Crippen molar-refractivity contribution in [2.45, 2.75) is 20.4 Å². The Morgan fingerprint density at radius 1 is 1.28 bits per heavy atom. The highest BCUT2D eigenvalue weighted by Crippen LogP contribution is 2.15. The van der Waals surface area contributed by atoms with Gasteiger partial charge in [0.05, 0.1) is 0 Å². The minimum atomic E-state index is 0.781. The monoisotopic (exact) mass is 245 g/mol. The fraction of sp³-hybridized carbons (Fsp3) is 0.400. The first kappa shape index (κ1) is 14.5. The maximum atomic E-state index is 4.58. The fourth-order valence-electron chi connectivity index (χ4n) is 1.83. The second-order valence-electron chi connectivity index (χ2n) is 4.24. The van der Waals surface area contributed by atoms with Gasteiger partial charge in [0.15, 0.2) is 0 Å². The summed E-state index contributed by atoms with van der Waals surface area (Å²) >= 11 is 0. The van der Waals surface area contributed by atoms with Crippen LogP contribution < -0.4 is 10.2 Å². The van der Waals surface area contributed by atoms with Gasteiger partial charge >= 0.3 is 0 Å². The number of anilines is 1. The third-order valence-corrected chi connectivity index (χ3v) is 2.60. The summed E-state index contributed by atoms with van der Waals surface area (Å²) in [5, 5.41) is 3.34. The van der Waals surface area contributed by atoms with Crippen LogP contribution >= 0.6 is 0 Å². The average Bonchev–Trinajstić information content (AvgIpc) is 2.35. The zero-order valence-electron chi connectivity index (χ0n) is 11.4. The highest BCUT2D eigenvalue weighted by molar-refractivity contribution is 5.44. The summed E-state index contributed by atoms with van der Waals surface area (Å²) in [6, 6.07) is 4.24. The van der Waals surface area contributed by atoms with Crippen molar-refractivity contribution in [2.24, 2.45) is 0 Å². The summed E-state index contributed by atoms with van der Waals surface area (Å²) in [6.07, 6.45) is 3.77. The van der Waals surface area contributed by atoms with Gasteiger partial charge in [0.2, 0.25) is 0 Å². The van der Waals surface area contributed by atoms with Crippen LogP contribution in [0.4, 0.5) is 5.82 Å². The van der Waals surface area contributed by atoms with Gasteiger partial charge in [-0.2, -0.15) is 0 Å². The number of nitrogens with zero attached hydrogens (tertiary/aromatic N) is 2. The van der Waals surface area contributed by atoms with Gasteiger partial charge in [-0.3, -0.25) is 0 Å². The second-order valence-corrected chi connectivity index (χ2v) is 4.24. The van der Waals surface area contributed by atoms with Crippen molar-refractivity contribution in [1.82, 2.24) is 10.3 Å². The summed E-state index contributed by atoms with van der Waals surface area (Å²) in [6.45, 7) is 15.1. The molecule has 0 radical (unpaired) electrons. The van der Waals surface area contributed by atoms with Crippen molar-refractivity contribution >= 4 is 5.82 Å². The molecule has 0 aliphatic carbocycles. The van der Waals surface area contributed by atoms with Crippen molar-refractivity contribution in [3.63, 3.8) is 0 Å². The first-order chi connectivity index (χ1) is 8.71. The van der Waals surface area contributed by atoms with Crippen LogP contribution in [-0.2, 0) is 6.54 Å². The van der Waals surface area contributed by atoms with Crippen LogP contribution in [0.15, 0.2) is 37.4 Å². The maximum Gasteiger partial charge on any atom is 0.129 e. The Bertz CT molecular complexity index is 389. The van der Waals surface area contributed by atoms with Gasteiger partial charge in [-0.1, -0.05) is 19.1 Å². The molecule has 1 aromatic rings. The topological polar surface area (TPSA) is 28.2 Å². The molecule has 1 N–H and O–H groups in total. The van der Waals surface area contributed by atoms with Gasteiger partial charge in [0.1, 0.15) is 5.82 Å². The SMILES string of the molecule is C=CCN(CC=C)c1cc(CNCC)cc(C)n1. The molecule has 3 nitrogen and oxygen atoms in total. The number of hydrogen-bond acceptors (Lipinski definition) is 3. The van der Waals surface area contributed by atoms with Gasteiger partial charge in [-0.25, -0.2) is 4.98 Å². The normalized spacial score (nSPS) is 10.1. The summed E-state index contributed by atoms with van der Waals surface area (Å²) in [4.78, 5) is 6.74. The maximum absolute atomic E-state index is 4.58. The Morgan fingerprint density at radius 3 is 2.50 bits per heavy atom. The number of aromatic nitrogens is 1. The van der Waals surface area contributed by atoms with E-state index in [2.05, 4.69) is 47.4 Å². The summed E-state index contributed by atoms with van der Waals surface area (Å²) in [5.74, 6) is 0.989. The largest absolute Gasteiger partial charge is 0.349 e. The van der Waals surface area contributed by atoms with Crippen LogP contribution in [0, 0.1) is 6.92 Å². The molecular formula is C15H23N3. The van der Waals surface area contributed by atoms with Gasteiger partial charge in [0, 0.05) is 25.3 Å². The summed E-state index contributed by atoms with van der Waals surface area (Å²) in [7, 11) is 0. The molecule has 1 aromatic heterocycles. The lowest BCUT2D eigenvalue weighted by atomic mass is 10.2. The van der Waals surface area contributed by atoms with Crippen molar-refractivity contribution in [3.05, 3.63) is 48.7 Å². The van der Waals surface area contributed by atoms with E-state index in [-0.39, 0.29) is 0 Å². The third kappa shape index (κ3) is 4.34. The molecule has 0 spiro atoms. The average molecular weight is 245 g/mol. The highest BCUT2D eigenvalue weighted by Gasteiger charge is 2.06. The predicted molar refractivity (Wildman–Crippen MR) is 79.0 cm³/mol. The molecule has 1 rings (SSSR count). The third-order valence-electron chi connectivity index (χ3n) is 2.60. The van der Waals surface area contributed by atoms with Gasteiger partial charge in [0.25, 0.3) is 0 Å². The predicted octanol–water partition coefficient (Wildman–Crippen LogP) is 2.68. The van der Waals surface area contributed by atoms with Crippen LogP contribution in [-0.4, -0.2) is 24.6 Å². The molecule has 0 fully saturated rings. The van der Waals surface area contributed by atoms with E-state index in [1.165, 1.54) is 5.56 Å². The van der Waals surface area contributed by atoms with Crippen LogP contribution in [0.25, 0.3) is 0 Å². The minimum absolute atomic E-state index is 0.781. The lowest BCUT2D eigenvalue weighted by molar-refractivity contribution is 0.724. The molecule has 1 heterocycles. The van der Waals surface area contributed by atoms with E-state index in [9.17, 15) is 0 Å². The van der Waals surface area contributed by atoms with E-state index in [0.717, 1.165) is 37.7 Å². The Hall–Kier alpha value is -1.61. The Labute approximate surface area is 110 Å². The summed E-state index contributed by atoms with van der Waals surface area (Å²) in [5.41, 5.74) is 2.30. The number of rotatable bonds is 8. The molecule has 0 unspecified atom stereocenters. The van der Waals surface area contributed by atoms with E-state index in [1.54, 1.807) is 0 Å². The highest BCUT2D eigenvalue weighted by atomic mass is 15.2. The summed E-state index contributed by atoms with van der Waals surface area (Å²) < 4.78 is 0. The Morgan fingerprint density at radius 2 is 1.94 bits per heavy atom. The number of hydrogen-bond donors (Lipinski definition) is 1. The molecule has 0 amide bonds. The Kier molecular flexibility index (Phi) is 6.15. The molecule has 98 valence electrons. The molecule has 0 atom stereocenters. The standard InChI is InChI=1S/C15H23N3/c1-5-8-18(9-6-2)15-11-14(12-16-7-3)10-13(4)17-15/h5-6,10-11,16H,1-2,7-9,12H2,3-4H3. The lowest BCUT2D eigenvalue weighted by Gasteiger charge is -2.21. The van der Waals surface area contributed by atoms with E-state index in [4.69, 9.17) is 0 Å². The van der Waals surface area contributed by atoms with E-state index < -0.39 is 0 Å². The van der Waals surface area contributed by atoms with Crippen LogP contribution in [0.1, 0.15) is 18.2 Å². The smallest absolute Gasteiger partial charge is 0.129 e. The first-order valence-corrected chi connectivity index (χ1v) is 6.36. The molecule has 0 bridgehead atoms. The fourth-order valence-corrected chi connectivity index (χ4v) is 1.83. The zero-order valence-corrected chi connectivity index (χ0v) is 11.4. The van der Waals surface area contributed by atoms with Crippen molar-refractivity contribution < 1.29 is 0 Å². The quantitative estimate of drug-likeness (QED) is 0.714. The van der Waals surface area contributed by atoms with Crippen LogP contribution in [0.2, 0.25) is 0 Å². The first-order valence-electron chi connectivity index (χ1n) is 6.36. The number of aryl methyl sites for hydroxylation is 1. The Balaban J connectivity index is 2.93. The number of nitrogens with one attached hydrogen (secondary N) is 1.